The van der Waals surface area contributed by atoms with Gasteiger partial charge in [0.25, 0.3) is 0 Å². The van der Waals surface area contributed by atoms with Gasteiger partial charge in [0.1, 0.15) is 6.10 Å². The first kappa shape index (κ1) is 11.1. The van der Waals surface area contributed by atoms with Crippen LogP contribution in [0.25, 0.3) is 10.9 Å². The maximum Gasteiger partial charge on any atom is 0.106 e. The summed E-state index contributed by atoms with van der Waals surface area (Å²) in [6.07, 6.45) is 1.43. The number of rotatable bonds is 2. The minimum absolute atomic E-state index is 0.572. The van der Waals surface area contributed by atoms with Crippen LogP contribution in [-0.2, 0) is 7.05 Å². The van der Waals surface area contributed by atoms with Crippen LogP contribution < -0.4 is 0 Å². The molecular weight excluding hydrogens is 222 g/mol. The van der Waals surface area contributed by atoms with Crippen molar-refractivity contribution in [2.45, 2.75) is 6.10 Å². The van der Waals surface area contributed by atoms with E-state index in [1.54, 1.807) is 0 Å². The lowest BCUT2D eigenvalue weighted by Crippen LogP contribution is -1.98. The van der Waals surface area contributed by atoms with Crippen LogP contribution in [0.2, 0.25) is 0 Å². The van der Waals surface area contributed by atoms with Crippen molar-refractivity contribution in [3.8, 4) is 0 Å². The third-order valence-electron chi connectivity index (χ3n) is 3.34. The van der Waals surface area contributed by atoms with Gasteiger partial charge < -0.3 is 9.67 Å². The average Bonchev–Trinajstić information content (AvgIpc) is 2.77. The Labute approximate surface area is 106 Å². The highest BCUT2D eigenvalue weighted by molar-refractivity contribution is 5.84. The molecule has 0 aliphatic rings. The van der Waals surface area contributed by atoms with Crippen LogP contribution in [0, 0.1) is 0 Å². The predicted molar refractivity (Wildman–Crippen MR) is 73.4 cm³/mol. The molecule has 0 bridgehead atoms. The summed E-state index contributed by atoms with van der Waals surface area (Å²) in [6.45, 7) is 0. The van der Waals surface area contributed by atoms with Gasteiger partial charge in [-0.25, -0.2) is 0 Å². The minimum atomic E-state index is -0.572. The van der Waals surface area contributed by atoms with Gasteiger partial charge in [0.2, 0.25) is 0 Å². The topological polar surface area (TPSA) is 25.2 Å². The average molecular weight is 237 g/mol. The molecule has 0 saturated heterocycles. The van der Waals surface area contributed by atoms with E-state index in [-0.39, 0.29) is 0 Å². The summed E-state index contributed by atoms with van der Waals surface area (Å²) in [4.78, 5) is 0. The normalized spacial score (nSPS) is 12.8. The highest BCUT2D eigenvalue weighted by atomic mass is 16.3. The molecule has 1 heterocycles. The Morgan fingerprint density at radius 1 is 0.944 bits per heavy atom. The Morgan fingerprint density at radius 2 is 1.61 bits per heavy atom. The summed E-state index contributed by atoms with van der Waals surface area (Å²) in [6, 6.07) is 17.9. The second kappa shape index (κ2) is 4.31. The van der Waals surface area contributed by atoms with Crippen LogP contribution in [0.5, 0.6) is 0 Å². The van der Waals surface area contributed by atoms with Gasteiger partial charge >= 0.3 is 0 Å². The van der Waals surface area contributed by atoms with Crippen LogP contribution in [0.15, 0.2) is 60.8 Å². The number of para-hydroxylation sites is 1. The lowest BCUT2D eigenvalue weighted by atomic mass is 10.0. The fourth-order valence-corrected chi connectivity index (χ4v) is 2.41. The first-order valence-corrected chi connectivity index (χ1v) is 6.04. The summed E-state index contributed by atoms with van der Waals surface area (Å²) >= 11 is 0. The van der Waals surface area contributed by atoms with E-state index in [4.69, 9.17) is 0 Å². The summed E-state index contributed by atoms with van der Waals surface area (Å²) in [5.74, 6) is 0. The van der Waals surface area contributed by atoms with E-state index in [2.05, 4.69) is 16.7 Å². The van der Waals surface area contributed by atoms with Gasteiger partial charge in [-0.2, -0.15) is 0 Å². The zero-order chi connectivity index (χ0) is 12.5. The number of aliphatic hydroxyl groups is 1. The monoisotopic (exact) mass is 237 g/mol. The maximum absolute atomic E-state index is 10.5. The van der Waals surface area contributed by atoms with Crippen molar-refractivity contribution in [3.05, 3.63) is 71.9 Å². The van der Waals surface area contributed by atoms with Crippen LogP contribution in [0.3, 0.4) is 0 Å². The zero-order valence-corrected chi connectivity index (χ0v) is 10.2. The molecule has 0 aliphatic heterocycles. The van der Waals surface area contributed by atoms with Crippen molar-refractivity contribution >= 4 is 10.9 Å². The number of aromatic nitrogens is 1. The molecule has 0 radical (unpaired) electrons. The Balaban J connectivity index is 2.15. The highest BCUT2D eigenvalue weighted by Gasteiger charge is 2.15. The van der Waals surface area contributed by atoms with Gasteiger partial charge in [0, 0.05) is 29.7 Å². The van der Waals surface area contributed by atoms with Crippen molar-refractivity contribution in [2.75, 3.05) is 0 Å². The third-order valence-corrected chi connectivity index (χ3v) is 3.34. The molecule has 0 saturated carbocycles. The van der Waals surface area contributed by atoms with E-state index < -0.39 is 6.10 Å². The first-order valence-electron chi connectivity index (χ1n) is 6.04. The van der Waals surface area contributed by atoms with Crippen LogP contribution in [0.1, 0.15) is 17.2 Å². The van der Waals surface area contributed by atoms with Crippen molar-refractivity contribution < 1.29 is 5.11 Å². The third kappa shape index (κ3) is 1.71. The lowest BCUT2D eigenvalue weighted by molar-refractivity contribution is 0.221. The van der Waals surface area contributed by atoms with E-state index in [1.165, 1.54) is 0 Å². The molecule has 1 aromatic heterocycles. The molecule has 3 rings (SSSR count). The molecule has 1 atom stereocenters. The summed E-state index contributed by atoms with van der Waals surface area (Å²) in [5, 5.41) is 11.6. The second-order valence-corrected chi connectivity index (χ2v) is 4.53. The number of hydrogen-bond donors (Lipinski definition) is 1. The number of hydrogen-bond acceptors (Lipinski definition) is 1. The van der Waals surface area contributed by atoms with E-state index in [0.29, 0.717) is 0 Å². The fourth-order valence-electron chi connectivity index (χ4n) is 2.41. The molecule has 0 spiro atoms. The Bertz CT molecular complexity index is 670. The Kier molecular flexibility index (Phi) is 2.65. The van der Waals surface area contributed by atoms with Crippen LogP contribution in [0.4, 0.5) is 0 Å². The van der Waals surface area contributed by atoms with E-state index in [0.717, 1.165) is 22.0 Å². The van der Waals surface area contributed by atoms with E-state index in [9.17, 15) is 5.11 Å². The molecule has 0 aliphatic carbocycles. The molecule has 18 heavy (non-hydrogen) atoms. The lowest BCUT2D eigenvalue weighted by Gasteiger charge is -2.09. The van der Waals surface area contributed by atoms with Crippen molar-refractivity contribution in [1.82, 2.24) is 4.57 Å². The number of aryl methyl sites for hydroxylation is 1. The Morgan fingerprint density at radius 3 is 2.39 bits per heavy atom. The number of fused-ring (bicyclic) bond motifs is 1. The van der Waals surface area contributed by atoms with Crippen LogP contribution in [-0.4, -0.2) is 9.67 Å². The van der Waals surface area contributed by atoms with Gasteiger partial charge in [-0.3, -0.25) is 0 Å². The standard InChI is InChI=1S/C16H15NO/c1-17-11-14(13-9-5-6-10-15(13)17)16(18)12-7-3-2-4-8-12/h2-11,16,18H,1H3/t16-/m0/s1. The molecule has 3 aromatic rings. The highest BCUT2D eigenvalue weighted by Crippen LogP contribution is 2.29. The maximum atomic E-state index is 10.5. The molecule has 1 N–H and O–H groups in total. The quantitative estimate of drug-likeness (QED) is 0.727. The zero-order valence-electron chi connectivity index (χ0n) is 10.2. The van der Waals surface area contributed by atoms with Gasteiger partial charge in [-0.15, -0.1) is 0 Å². The fraction of sp³-hybridized carbons (Fsp3) is 0.125. The Hall–Kier alpha value is -2.06. The van der Waals surface area contributed by atoms with E-state index >= 15 is 0 Å². The first-order chi connectivity index (χ1) is 8.77. The predicted octanol–water partition coefficient (Wildman–Crippen LogP) is 3.26. The van der Waals surface area contributed by atoms with Crippen molar-refractivity contribution in [3.63, 3.8) is 0 Å². The molecule has 2 aromatic carbocycles. The number of benzene rings is 2. The molecule has 2 heteroatoms. The second-order valence-electron chi connectivity index (χ2n) is 4.53. The molecule has 0 fully saturated rings. The van der Waals surface area contributed by atoms with Gasteiger partial charge in [0.15, 0.2) is 0 Å². The van der Waals surface area contributed by atoms with Gasteiger partial charge in [-0.1, -0.05) is 48.5 Å². The minimum Gasteiger partial charge on any atom is -0.384 e. The van der Waals surface area contributed by atoms with Crippen LogP contribution >= 0.6 is 0 Å². The molecular formula is C16H15NO. The SMILES string of the molecule is Cn1cc([C@@H](O)c2ccccc2)c2ccccc21. The molecule has 0 unspecified atom stereocenters. The van der Waals surface area contributed by atoms with Crippen molar-refractivity contribution in [1.29, 1.82) is 0 Å². The largest absolute Gasteiger partial charge is 0.384 e. The van der Waals surface area contributed by atoms with Gasteiger partial charge in [-0.05, 0) is 11.6 Å². The summed E-state index contributed by atoms with van der Waals surface area (Å²) < 4.78 is 2.05. The number of aliphatic hydroxyl groups excluding tert-OH is 1. The van der Waals surface area contributed by atoms with Gasteiger partial charge in [0.05, 0.1) is 0 Å². The van der Waals surface area contributed by atoms with Crippen molar-refractivity contribution in [2.24, 2.45) is 7.05 Å². The molecule has 90 valence electrons. The smallest absolute Gasteiger partial charge is 0.106 e. The molecule has 0 amide bonds. The summed E-state index contributed by atoms with van der Waals surface area (Å²) in [7, 11) is 2.00. The number of nitrogens with zero attached hydrogens (tertiary/aromatic N) is 1. The van der Waals surface area contributed by atoms with E-state index in [1.807, 2.05) is 55.7 Å². The molecule has 2 nitrogen and oxygen atoms in total. The summed E-state index contributed by atoms with van der Waals surface area (Å²) in [5.41, 5.74) is 3.02.